The van der Waals surface area contributed by atoms with Gasteiger partial charge in [-0.3, -0.25) is 0 Å². The molecule has 30 heavy (non-hydrogen) atoms. The van der Waals surface area contributed by atoms with E-state index in [0.717, 1.165) is 22.3 Å². The van der Waals surface area contributed by atoms with Gasteiger partial charge in [0.05, 0.1) is 0 Å². The van der Waals surface area contributed by atoms with Crippen LogP contribution < -0.4 is 0 Å². The summed E-state index contributed by atoms with van der Waals surface area (Å²) in [5, 5.41) is 0. The number of rotatable bonds is 4. The van der Waals surface area contributed by atoms with Gasteiger partial charge in [-0.15, -0.1) is 0 Å². The lowest BCUT2D eigenvalue weighted by Gasteiger charge is -2.09. The summed E-state index contributed by atoms with van der Waals surface area (Å²) in [6, 6.07) is 38.7. The van der Waals surface area contributed by atoms with Gasteiger partial charge in [0.2, 0.25) is 0 Å². The smallest absolute Gasteiger partial charge is 0.164 e. The summed E-state index contributed by atoms with van der Waals surface area (Å²) in [6.07, 6.45) is 0. The first-order valence-electron chi connectivity index (χ1n) is 9.90. The number of hydrogen-bond acceptors (Lipinski definition) is 3. The third kappa shape index (κ3) is 3.74. The first-order valence-corrected chi connectivity index (χ1v) is 9.90. The first-order chi connectivity index (χ1) is 14.9. The Hall–Kier alpha value is -4.11. The number of benzene rings is 4. The molecule has 1 aromatic heterocycles. The third-order valence-corrected chi connectivity index (χ3v) is 4.93. The Balaban J connectivity index is 1.67. The molecular weight excluding hydrogens is 366 g/mol. The molecule has 3 heteroatoms. The number of aromatic nitrogens is 3. The monoisotopic (exact) mass is 385 g/mol. The molecule has 0 radical (unpaired) electrons. The summed E-state index contributed by atoms with van der Waals surface area (Å²) in [6.45, 7) is 0. The molecule has 0 saturated carbocycles. The molecule has 0 saturated heterocycles. The van der Waals surface area contributed by atoms with E-state index in [9.17, 15) is 0 Å². The third-order valence-electron chi connectivity index (χ3n) is 4.93. The molecule has 0 atom stereocenters. The molecule has 142 valence electrons. The molecule has 0 spiro atoms. The Morgan fingerprint density at radius 3 is 1.17 bits per heavy atom. The van der Waals surface area contributed by atoms with Gasteiger partial charge < -0.3 is 0 Å². The SMILES string of the molecule is c1ccc(-c2cccc(-c3nc(-c4ccccc4)nc(-c4ccccc4)n3)c2)cc1. The van der Waals surface area contributed by atoms with Gasteiger partial charge in [-0.25, -0.2) is 15.0 Å². The van der Waals surface area contributed by atoms with Crippen molar-refractivity contribution >= 4 is 0 Å². The first kappa shape index (κ1) is 18.0. The van der Waals surface area contributed by atoms with E-state index in [-0.39, 0.29) is 0 Å². The van der Waals surface area contributed by atoms with E-state index >= 15 is 0 Å². The molecule has 3 nitrogen and oxygen atoms in total. The summed E-state index contributed by atoms with van der Waals surface area (Å²) < 4.78 is 0. The van der Waals surface area contributed by atoms with Crippen molar-refractivity contribution in [1.82, 2.24) is 15.0 Å². The highest BCUT2D eigenvalue weighted by molar-refractivity contribution is 5.72. The molecular formula is C27H19N3. The summed E-state index contributed by atoms with van der Waals surface area (Å²) in [5.41, 5.74) is 5.21. The van der Waals surface area contributed by atoms with Crippen molar-refractivity contribution in [2.45, 2.75) is 0 Å². The molecule has 0 aliphatic heterocycles. The standard InChI is InChI=1S/C27H19N3/c1-4-11-20(12-5-1)23-17-10-18-24(19-23)27-29-25(21-13-6-2-7-14-21)28-26(30-27)22-15-8-3-9-16-22/h1-19H. The van der Waals surface area contributed by atoms with Crippen molar-refractivity contribution in [3.05, 3.63) is 115 Å². The van der Waals surface area contributed by atoms with E-state index in [1.807, 2.05) is 91.0 Å². The molecule has 0 aliphatic carbocycles. The van der Waals surface area contributed by atoms with Crippen molar-refractivity contribution in [2.75, 3.05) is 0 Å². The Bertz CT molecular complexity index is 1210. The second kappa shape index (κ2) is 8.10. The quantitative estimate of drug-likeness (QED) is 0.352. The van der Waals surface area contributed by atoms with Gasteiger partial charge in [-0.2, -0.15) is 0 Å². The number of nitrogens with zero attached hydrogens (tertiary/aromatic N) is 3. The summed E-state index contributed by atoms with van der Waals surface area (Å²) in [5.74, 6) is 2.01. The van der Waals surface area contributed by atoms with Gasteiger partial charge in [0.1, 0.15) is 0 Å². The van der Waals surface area contributed by atoms with Crippen LogP contribution in [0.15, 0.2) is 115 Å². The van der Waals surface area contributed by atoms with Gasteiger partial charge in [-0.1, -0.05) is 109 Å². The molecule has 0 amide bonds. The number of hydrogen-bond donors (Lipinski definition) is 0. The van der Waals surface area contributed by atoms with E-state index in [1.165, 1.54) is 5.56 Å². The highest BCUT2D eigenvalue weighted by Crippen LogP contribution is 2.27. The van der Waals surface area contributed by atoms with E-state index in [0.29, 0.717) is 17.5 Å². The molecule has 4 aromatic carbocycles. The fourth-order valence-electron chi connectivity index (χ4n) is 3.41. The Labute approximate surface area is 175 Å². The van der Waals surface area contributed by atoms with Crippen LogP contribution in [0.2, 0.25) is 0 Å². The summed E-state index contributed by atoms with van der Waals surface area (Å²) in [7, 11) is 0. The van der Waals surface area contributed by atoms with Gasteiger partial charge >= 0.3 is 0 Å². The summed E-state index contributed by atoms with van der Waals surface area (Å²) >= 11 is 0. The molecule has 0 N–H and O–H groups in total. The van der Waals surface area contributed by atoms with E-state index in [2.05, 4.69) is 24.3 Å². The maximum Gasteiger partial charge on any atom is 0.164 e. The van der Waals surface area contributed by atoms with Crippen LogP contribution in [0.25, 0.3) is 45.3 Å². The maximum atomic E-state index is 4.81. The van der Waals surface area contributed by atoms with Crippen molar-refractivity contribution < 1.29 is 0 Å². The molecule has 0 bridgehead atoms. The minimum atomic E-state index is 0.667. The van der Waals surface area contributed by atoms with Crippen molar-refractivity contribution in [2.24, 2.45) is 0 Å². The van der Waals surface area contributed by atoms with Gasteiger partial charge in [-0.05, 0) is 17.2 Å². The molecule has 1 heterocycles. The average Bonchev–Trinajstić information content (AvgIpc) is 2.85. The zero-order valence-electron chi connectivity index (χ0n) is 16.3. The van der Waals surface area contributed by atoms with Crippen LogP contribution >= 0.6 is 0 Å². The van der Waals surface area contributed by atoms with Crippen LogP contribution in [0.5, 0.6) is 0 Å². The van der Waals surface area contributed by atoms with E-state index < -0.39 is 0 Å². The average molecular weight is 385 g/mol. The molecule has 0 unspecified atom stereocenters. The van der Waals surface area contributed by atoms with Crippen molar-refractivity contribution in [3.8, 4) is 45.3 Å². The van der Waals surface area contributed by atoms with Gasteiger partial charge in [0.15, 0.2) is 17.5 Å². The lowest BCUT2D eigenvalue weighted by Crippen LogP contribution is -2.00. The predicted molar refractivity (Wildman–Crippen MR) is 122 cm³/mol. The highest BCUT2D eigenvalue weighted by Gasteiger charge is 2.12. The fraction of sp³-hybridized carbons (Fsp3) is 0. The lowest BCUT2D eigenvalue weighted by molar-refractivity contribution is 1.07. The maximum absolute atomic E-state index is 4.81. The largest absolute Gasteiger partial charge is 0.208 e. The normalized spacial score (nSPS) is 10.7. The van der Waals surface area contributed by atoms with Gasteiger partial charge in [0.25, 0.3) is 0 Å². The zero-order valence-corrected chi connectivity index (χ0v) is 16.3. The minimum Gasteiger partial charge on any atom is -0.208 e. The fourth-order valence-corrected chi connectivity index (χ4v) is 3.41. The second-order valence-electron chi connectivity index (χ2n) is 6.99. The Kier molecular flexibility index (Phi) is 4.84. The van der Waals surface area contributed by atoms with Crippen LogP contribution in [0, 0.1) is 0 Å². The Morgan fingerprint density at radius 1 is 0.300 bits per heavy atom. The van der Waals surface area contributed by atoms with Crippen molar-refractivity contribution in [3.63, 3.8) is 0 Å². The predicted octanol–water partition coefficient (Wildman–Crippen LogP) is 6.54. The van der Waals surface area contributed by atoms with Gasteiger partial charge in [0, 0.05) is 16.7 Å². The molecule has 5 rings (SSSR count). The topological polar surface area (TPSA) is 38.7 Å². The van der Waals surface area contributed by atoms with E-state index in [4.69, 9.17) is 15.0 Å². The minimum absolute atomic E-state index is 0.667. The molecule has 0 aliphatic rings. The van der Waals surface area contributed by atoms with Crippen molar-refractivity contribution in [1.29, 1.82) is 0 Å². The molecule has 0 fully saturated rings. The van der Waals surface area contributed by atoms with Crippen LogP contribution in [-0.4, -0.2) is 15.0 Å². The van der Waals surface area contributed by atoms with E-state index in [1.54, 1.807) is 0 Å². The van der Waals surface area contributed by atoms with Crippen LogP contribution in [-0.2, 0) is 0 Å². The highest BCUT2D eigenvalue weighted by atomic mass is 15.0. The summed E-state index contributed by atoms with van der Waals surface area (Å²) in [4.78, 5) is 14.4. The Morgan fingerprint density at radius 2 is 0.667 bits per heavy atom. The van der Waals surface area contributed by atoms with Crippen LogP contribution in [0.1, 0.15) is 0 Å². The zero-order chi connectivity index (χ0) is 20.2. The van der Waals surface area contributed by atoms with Crippen LogP contribution in [0.4, 0.5) is 0 Å². The van der Waals surface area contributed by atoms with Crippen LogP contribution in [0.3, 0.4) is 0 Å². The second-order valence-corrected chi connectivity index (χ2v) is 6.99. The lowest BCUT2D eigenvalue weighted by atomic mass is 10.0. The molecule has 5 aromatic rings.